The van der Waals surface area contributed by atoms with E-state index < -0.39 is 34.3 Å². The predicted molar refractivity (Wildman–Crippen MR) is 125 cm³/mol. The normalized spacial score (nSPS) is 12.4. The number of hydrogen-bond donors (Lipinski definition) is 1. The lowest BCUT2D eigenvalue weighted by molar-refractivity contribution is -0.122. The minimum Gasteiger partial charge on any atom is -0.496 e. The van der Waals surface area contributed by atoms with Gasteiger partial charge in [-0.3, -0.25) is 4.79 Å². The summed E-state index contributed by atoms with van der Waals surface area (Å²) in [6.45, 7) is 0.956. The molecule has 0 saturated heterocycles. The van der Waals surface area contributed by atoms with Gasteiger partial charge in [0, 0.05) is 22.7 Å². The SMILES string of the molecule is COc1ccccc1[C@H](C)NC(=O)CN(Cc1ccccc1F)S(=O)(=O)c1ccc(Cl)cc1. The molecular weight excluding hydrogens is 467 g/mol. The molecule has 3 rings (SSSR count). The van der Waals surface area contributed by atoms with E-state index in [4.69, 9.17) is 16.3 Å². The largest absolute Gasteiger partial charge is 0.496 e. The Morgan fingerprint density at radius 1 is 1.06 bits per heavy atom. The minimum absolute atomic E-state index is 0.0474. The molecule has 1 amide bonds. The van der Waals surface area contributed by atoms with Crippen molar-refractivity contribution >= 4 is 27.5 Å². The fourth-order valence-electron chi connectivity index (χ4n) is 3.35. The molecule has 9 heteroatoms. The first-order valence-corrected chi connectivity index (χ1v) is 12.0. The molecular formula is C24H24ClFN2O4S. The highest BCUT2D eigenvalue weighted by atomic mass is 35.5. The van der Waals surface area contributed by atoms with Gasteiger partial charge in [-0.15, -0.1) is 0 Å². The molecule has 0 saturated carbocycles. The van der Waals surface area contributed by atoms with E-state index in [1.807, 2.05) is 18.2 Å². The van der Waals surface area contributed by atoms with Crippen molar-refractivity contribution in [2.24, 2.45) is 0 Å². The number of amides is 1. The van der Waals surface area contributed by atoms with Gasteiger partial charge < -0.3 is 10.1 Å². The van der Waals surface area contributed by atoms with Gasteiger partial charge in [0.25, 0.3) is 0 Å². The van der Waals surface area contributed by atoms with Gasteiger partial charge in [0.05, 0.1) is 24.6 Å². The van der Waals surface area contributed by atoms with E-state index in [-0.39, 0.29) is 17.0 Å². The summed E-state index contributed by atoms with van der Waals surface area (Å²) in [6.07, 6.45) is 0. The lowest BCUT2D eigenvalue weighted by Gasteiger charge is -2.24. The number of nitrogens with zero attached hydrogens (tertiary/aromatic N) is 1. The lowest BCUT2D eigenvalue weighted by atomic mass is 10.1. The van der Waals surface area contributed by atoms with E-state index in [0.717, 1.165) is 9.87 Å². The molecule has 3 aromatic carbocycles. The minimum atomic E-state index is -4.12. The summed E-state index contributed by atoms with van der Waals surface area (Å²) in [5, 5.41) is 3.17. The maximum absolute atomic E-state index is 14.3. The Labute approximate surface area is 198 Å². The molecule has 174 valence electrons. The van der Waals surface area contributed by atoms with Crippen LogP contribution in [-0.2, 0) is 21.4 Å². The molecule has 0 radical (unpaired) electrons. The summed E-state index contributed by atoms with van der Waals surface area (Å²) in [7, 11) is -2.59. The van der Waals surface area contributed by atoms with Crippen molar-refractivity contribution in [3.8, 4) is 5.75 Å². The number of methoxy groups -OCH3 is 1. The van der Waals surface area contributed by atoms with Gasteiger partial charge in [-0.05, 0) is 43.3 Å². The summed E-state index contributed by atoms with van der Waals surface area (Å²) >= 11 is 5.88. The molecule has 6 nitrogen and oxygen atoms in total. The second-order valence-corrected chi connectivity index (χ2v) is 9.72. The van der Waals surface area contributed by atoms with E-state index >= 15 is 0 Å². The van der Waals surface area contributed by atoms with Crippen LogP contribution in [0, 0.1) is 5.82 Å². The molecule has 1 N–H and O–H groups in total. The molecule has 0 aliphatic heterocycles. The third-order valence-corrected chi connectivity index (χ3v) is 7.12. The zero-order valence-corrected chi connectivity index (χ0v) is 19.7. The van der Waals surface area contributed by atoms with Crippen molar-refractivity contribution in [1.82, 2.24) is 9.62 Å². The number of hydrogen-bond acceptors (Lipinski definition) is 4. The number of nitrogens with one attached hydrogen (secondary N) is 1. The molecule has 0 aliphatic rings. The first kappa shape index (κ1) is 24.7. The third-order valence-electron chi connectivity index (χ3n) is 5.06. The van der Waals surface area contributed by atoms with Crippen LogP contribution < -0.4 is 10.1 Å². The summed E-state index contributed by atoms with van der Waals surface area (Å²) in [6, 6.07) is 18.2. The van der Waals surface area contributed by atoms with Gasteiger partial charge >= 0.3 is 0 Å². The fraction of sp³-hybridized carbons (Fsp3) is 0.208. The number of benzene rings is 3. The van der Waals surface area contributed by atoms with Gasteiger partial charge in [0.1, 0.15) is 11.6 Å². The molecule has 1 atom stereocenters. The third kappa shape index (κ3) is 6.10. The van der Waals surface area contributed by atoms with Gasteiger partial charge in [-0.2, -0.15) is 4.31 Å². The number of rotatable bonds is 9. The van der Waals surface area contributed by atoms with E-state index in [1.54, 1.807) is 19.1 Å². The first-order valence-electron chi connectivity index (χ1n) is 10.1. The summed E-state index contributed by atoms with van der Waals surface area (Å²) < 4.78 is 47.2. The average molecular weight is 491 g/mol. The standard InChI is InChI=1S/C24H24ClFN2O4S/c1-17(21-8-4-6-10-23(21)32-2)27-24(29)16-28(15-18-7-3-5-9-22(18)26)33(30,31)20-13-11-19(25)12-14-20/h3-14,17H,15-16H2,1-2H3,(H,27,29)/t17-/m0/s1. The van der Waals surface area contributed by atoms with Crippen LogP contribution in [-0.4, -0.2) is 32.3 Å². The van der Waals surface area contributed by atoms with E-state index in [9.17, 15) is 17.6 Å². The van der Waals surface area contributed by atoms with E-state index in [2.05, 4.69) is 5.32 Å². The van der Waals surface area contributed by atoms with E-state index in [0.29, 0.717) is 10.8 Å². The van der Waals surface area contributed by atoms with Crippen LogP contribution in [0.15, 0.2) is 77.7 Å². The van der Waals surface area contributed by atoms with Crippen LogP contribution in [0.2, 0.25) is 5.02 Å². The van der Waals surface area contributed by atoms with Crippen LogP contribution >= 0.6 is 11.6 Å². The molecule has 0 heterocycles. The molecule has 0 bridgehead atoms. The fourth-order valence-corrected chi connectivity index (χ4v) is 4.85. The monoisotopic (exact) mass is 490 g/mol. The Morgan fingerprint density at radius 3 is 2.36 bits per heavy atom. The number of halogens is 2. The topological polar surface area (TPSA) is 75.7 Å². The van der Waals surface area contributed by atoms with E-state index in [1.165, 1.54) is 49.6 Å². The summed E-state index contributed by atoms with van der Waals surface area (Å²) in [4.78, 5) is 12.8. The van der Waals surface area contributed by atoms with Crippen molar-refractivity contribution in [1.29, 1.82) is 0 Å². The molecule has 0 aromatic heterocycles. The Bertz CT molecular complexity index is 1220. The van der Waals surface area contributed by atoms with Gasteiger partial charge in [0.2, 0.25) is 15.9 Å². The second kappa shape index (κ2) is 10.8. The molecule has 0 spiro atoms. The van der Waals surface area contributed by atoms with Crippen LogP contribution in [0.1, 0.15) is 24.1 Å². The summed E-state index contributed by atoms with van der Waals surface area (Å²) in [5.74, 6) is -0.499. The Balaban J connectivity index is 1.86. The smallest absolute Gasteiger partial charge is 0.243 e. The van der Waals surface area contributed by atoms with Crippen molar-refractivity contribution in [2.75, 3.05) is 13.7 Å². The Hall–Kier alpha value is -2.94. The number of para-hydroxylation sites is 1. The van der Waals surface area contributed by atoms with Gasteiger partial charge in [-0.25, -0.2) is 12.8 Å². The van der Waals surface area contributed by atoms with Crippen molar-refractivity contribution in [3.63, 3.8) is 0 Å². The van der Waals surface area contributed by atoms with Crippen LogP contribution in [0.4, 0.5) is 4.39 Å². The molecule has 0 fully saturated rings. The highest BCUT2D eigenvalue weighted by Crippen LogP contribution is 2.25. The zero-order valence-electron chi connectivity index (χ0n) is 18.2. The first-order chi connectivity index (χ1) is 15.7. The van der Waals surface area contributed by atoms with Gasteiger partial charge in [0.15, 0.2) is 0 Å². The predicted octanol–water partition coefficient (Wildman–Crippen LogP) is 4.56. The Kier molecular flexibility index (Phi) is 8.07. The quantitative estimate of drug-likeness (QED) is 0.477. The molecule has 0 aliphatic carbocycles. The average Bonchev–Trinajstić information content (AvgIpc) is 2.80. The van der Waals surface area contributed by atoms with Crippen LogP contribution in [0.3, 0.4) is 0 Å². The van der Waals surface area contributed by atoms with Crippen molar-refractivity contribution in [3.05, 3.63) is 94.8 Å². The highest BCUT2D eigenvalue weighted by molar-refractivity contribution is 7.89. The number of carbonyl (C=O) groups excluding carboxylic acids is 1. The molecule has 3 aromatic rings. The van der Waals surface area contributed by atoms with Crippen LogP contribution in [0.5, 0.6) is 5.75 Å². The lowest BCUT2D eigenvalue weighted by Crippen LogP contribution is -2.41. The maximum atomic E-state index is 14.3. The molecule has 0 unspecified atom stereocenters. The zero-order chi connectivity index (χ0) is 24.0. The van der Waals surface area contributed by atoms with Crippen molar-refractivity contribution in [2.45, 2.75) is 24.4 Å². The summed E-state index contributed by atoms with van der Waals surface area (Å²) in [5.41, 5.74) is 0.898. The number of ether oxygens (including phenoxy) is 1. The highest BCUT2D eigenvalue weighted by Gasteiger charge is 2.28. The number of carbonyl (C=O) groups is 1. The Morgan fingerprint density at radius 2 is 1.70 bits per heavy atom. The second-order valence-electron chi connectivity index (χ2n) is 7.35. The number of sulfonamides is 1. The van der Waals surface area contributed by atoms with Gasteiger partial charge in [-0.1, -0.05) is 48.0 Å². The molecule has 33 heavy (non-hydrogen) atoms. The van der Waals surface area contributed by atoms with Crippen molar-refractivity contribution < 1.29 is 22.3 Å². The van der Waals surface area contributed by atoms with Crippen LogP contribution in [0.25, 0.3) is 0 Å². The maximum Gasteiger partial charge on any atom is 0.243 e.